The summed E-state index contributed by atoms with van der Waals surface area (Å²) in [5.41, 5.74) is 2.53. The van der Waals surface area contributed by atoms with Gasteiger partial charge in [0.25, 0.3) is 5.91 Å². The van der Waals surface area contributed by atoms with Crippen LogP contribution in [0.15, 0.2) is 77.3 Å². The first kappa shape index (κ1) is 20.6. The lowest BCUT2D eigenvalue weighted by molar-refractivity contribution is 0.0985. The summed E-state index contributed by atoms with van der Waals surface area (Å²) in [7, 11) is 0. The molecule has 30 heavy (non-hydrogen) atoms. The van der Waals surface area contributed by atoms with Crippen LogP contribution in [0, 0.1) is 0 Å². The lowest BCUT2D eigenvalue weighted by atomic mass is 10.1. The number of hydrogen-bond acceptors (Lipinski definition) is 4. The summed E-state index contributed by atoms with van der Waals surface area (Å²) in [5, 5.41) is 0.680. The van der Waals surface area contributed by atoms with Gasteiger partial charge >= 0.3 is 0 Å². The van der Waals surface area contributed by atoms with E-state index >= 15 is 0 Å². The molecule has 0 unspecified atom stereocenters. The number of amides is 1. The van der Waals surface area contributed by atoms with E-state index < -0.39 is 0 Å². The second-order valence-corrected chi connectivity index (χ2v) is 9.10. The first-order chi connectivity index (χ1) is 14.5. The summed E-state index contributed by atoms with van der Waals surface area (Å²) in [4.78, 5) is 19.9. The molecule has 6 heteroatoms. The molecule has 0 N–H and O–H groups in total. The molecule has 0 saturated heterocycles. The van der Waals surface area contributed by atoms with Crippen LogP contribution in [-0.4, -0.2) is 17.0 Å². The summed E-state index contributed by atoms with van der Waals surface area (Å²) in [5.74, 6) is 0.661. The van der Waals surface area contributed by atoms with Crippen molar-refractivity contribution in [3.63, 3.8) is 0 Å². The Kier molecular flexibility index (Phi) is 6.16. The summed E-state index contributed by atoms with van der Waals surface area (Å²) in [6.07, 6.45) is 0.0863. The summed E-state index contributed by atoms with van der Waals surface area (Å²) < 4.78 is 7.73. The largest absolute Gasteiger partial charge is 0.491 e. The predicted octanol–water partition coefficient (Wildman–Crippen LogP) is 6.69. The van der Waals surface area contributed by atoms with Gasteiger partial charge in [0.1, 0.15) is 5.75 Å². The first-order valence-corrected chi connectivity index (χ1v) is 11.3. The van der Waals surface area contributed by atoms with Crippen LogP contribution in [0.3, 0.4) is 0 Å². The minimum atomic E-state index is -0.0897. The zero-order chi connectivity index (χ0) is 21.1. The predicted molar refractivity (Wildman–Crippen MR) is 126 cm³/mol. The fourth-order valence-corrected chi connectivity index (χ4v) is 4.61. The van der Waals surface area contributed by atoms with Crippen LogP contribution in [0.1, 0.15) is 29.8 Å². The molecule has 4 aromatic rings. The summed E-state index contributed by atoms with van der Waals surface area (Å²) in [6, 6.07) is 23.2. The maximum atomic E-state index is 13.5. The molecule has 4 rings (SSSR count). The monoisotopic (exact) mass is 480 g/mol. The van der Waals surface area contributed by atoms with Gasteiger partial charge in [0.05, 0.1) is 22.9 Å². The lowest BCUT2D eigenvalue weighted by Crippen LogP contribution is -2.30. The highest BCUT2D eigenvalue weighted by atomic mass is 79.9. The van der Waals surface area contributed by atoms with Crippen molar-refractivity contribution in [2.75, 3.05) is 4.90 Å². The van der Waals surface area contributed by atoms with Gasteiger partial charge in [0, 0.05) is 10.0 Å². The van der Waals surface area contributed by atoms with Crippen LogP contribution in [0.2, 0.25) is 0 Å². The average Bonchev–Trinajstić information content (AvgIpc) is 3.15. The smallest absolute Gasteiger partial charge is 0.260 e. The molecular weight excluding hydrogens is 460 g/mol. The number of anilines is 1. The highest BCUT2D eigenvalue weighted by Gasteiger charge is 2.22. The standard InChI is InChI=1S/C24H21BrN2O2S/c1-16(2)29-20-11-8-18(9-12-20)23(28)27(15-17-6-4-3-5-7-17)24-26-21-13-10-19(25)14-22(21)30-24/h3-14,16H,15H2,1-2H3. The van der Waals surface area contributed by atoms with Gasteiger partial charge in [-0.25, -0.2) is 4.98 Å². The third kappa shape index (κ3) is 4.71. The van der Waals surface area contributed by atoms with Crippen LogP contribution < -0.4 is 9.64 Å². The van der Waals surface area contributed by atoms with Crippen LogP contribution in [-0.2, 0) is 6.54 Å². The Morgan fingerprint density at radius 2 is 1.80 bits per heavy atom. The molecule has 0 fully saturated rings. The Balaban J connectivity index is 1.69. The highest BCUT2D eigenvalue weighted by molar-refractivity contribution is 9.10. The van der Waals surface area contributed by atoms with Crippen LogP contribution in [0.5, 0.6) is 5.75 Å². The zero-order valence-corrected chi connectivity index (χ0v) is 19.1. The Morgan fingerprint density at radius 3 is 2.50 bits per heavy atom. The van der Waals surface area contributed by atoms with Crippen molar-refractivity contribution in [1.29, 1.82) is 0 Å². The Morgan fingerprint density at radius 1 is 1.07 bits per heavy atom. The molecule has 0 aliphatic heterocycles. The van der Waals surface area contributed by atoms with Crippen molar-refractivity contribution in [3.05, 3.63) is 88.4 Å². The van der Waals surface area contributed by atoms with Crippen molar-refractivity contribution in [3.8, 4) is 5.75 Å². The van der Waals surface area contributed by atoms with Crippen LogP contribution in [0.25, 0.3) is 10.2 Å². The number of halogens is 1. The minimum absolute atomic E-state index is 0.0863. The Labute approximate surface area is 188 Å². The third-order valence-electron chi connectivity index (χ3n) is 4.47. The van der Waals surface area contributed by atoms with Crippen molar-refractivity contribution >= 4 is 48.5 Å². The molecule has 152 valence electrons. The third-order valence-corrected chi connectivity index (χ3v) is 6.01. The molecule has 0 radical (unpaired) electrons. The van der Waals surface area contributed by atoms with E-state index in [-0.39, 0.29) is 12.0 Å². The van der Waals surface area contributed by atoms with E-state index in [0.717, 1.165) is 26.0 Å². The van der Waals surface area contributed by atoms with E-state index in [2.05, 4.69) is 15.9 Å². The first-order valence-electron chi connectivity index (χ1n) is 9.68. The molecule has 0 aliphatic carbocycles. The molecule has 4 nitrogen and oxygen atoms in total. The van der Waals surface area contributed by atoms with Gasteiger partial charge < -0.3 is 4.74 Å². The maximum Gasteiger partial charge on any atom is 0.260 e. The SMILES string of the molecule is CC(C)Oc1ccc(C(=O)N(Cc2ccccc2)c2nc3ccc(Br)cc3s2)cc1. The topological polar surface area (TPSA) is 42.4 Å². The Bertz CT molecular complexity index is 1160. The molecular formula is C24H21BrN2O2S. The normalized spacial score (nSPS) is 11.1. The van der Waals surface area contributed by atoms with Crippen molar-refractivity contribution in [2.24, 2.45) is 0 Å². The summed E-state index contributed by atoms with van der Waals surface area (Å²) in [6.45, 7) is 4.41. The van der Waals surface area contributed by atoms with Gasteiger partial charge in [-0.2, -0.15) is 0 Å². The molecule has 0 aliphatic rings. The number of benzene rings is 3. The van der Waals surface area contributed by atoms with Gasteiger partial charge in [-0.15, -0.1) is 0 Å². The molecule has 0 atom stereocenters. The van der Waals surface area contributed by atoms with E-state index in [0.29, 0.717) is 17.2 Å². The fraction of sp³-hybridized carbons (Fsp3) is 0.167. The highest BCUT2D eigenvalue weighted by Crippen LogP contribution is 2.32. The number of carbonyl (C=O) groups is 1. The van der Waals surface area contributed by atoms with Crippen molar-refractivity contribution < 1.29 is 9.53 Å². The minimum Gasteiger partial charge on any atom is -0.491 e. The molecule has 1 aromatic heterocycles. The van der Waals surface area contributed by atoms with Crippen LogP contribution >= 0.6 is 27.3 Å². The molecule has 1 amide bonds. The second kappa shape index (κ2) is 8.98. The second-order valence-electron chi connectivity index (χ2n) is 7.18. The lowest BCUT2D eigenvalue weighted by Gasteiger charge is -2.20. The number of aromatic nitrogens is 1. The molecule has 0 spiro atoms. The van der Waals surface area contributed by atoms with E-state index in [1.54, 1.807) is 4.90 Å². The van der Waals surface area contributed by atoms with Gasteiger partial charge in [-0.05, 0) is 61.9 Å². The maximum absolute atomic E-state index is 13.5. The molecule has 0 bridgehead atoms. The van der Waals surface area contributed by atoms with Gasteiger partial charge in [-0.1, -0.05) is 57.6 Å². The number of hydrogen-bond donors (Lipinski definition) is 0. The molecule has 0 saturated carbocycles. The average molecular weight is 481 g/mol. The zero-order valence-electron chi connectivity index (χ0n) is 16.7. The van der Waals surface area contributed by atoms with E-state index in [1.165, 1.54) is 11.3 Å². The number of nitrogens with zero attached hydrogens (tertiary/aromatic N) is 2. The number of carbonyl (C=O) groups excluding carboxylic acids is 1. The summed E-state index contributed by atoms with van der Waals surface area (Å²) >= 11 is 5.02. The van der Waals surface area contributed by atoms with Crippen molar-refractivity contribution in [1.82, 2.24) is 4.98 Å². The van der Waals surface area contributed by atoms with Crippen LogP contribution in [0.4, 0.5) is 5.13 Å². The van der Waals surface area contributed by atoms with E-state index in [1.807, 2.05) is 86.6 Å². The Hall–Kier alpha value is -2.70. The van der Waals surface area contributed by atoms with Gasteiger partial charge in [0.2, 0.25) is 0 Å². The van der Waals surface area contributed by atoms with Gasteiger partial charge in [0.15, 0.2) is 5.13 Å². The fourth-order valence-electron chi connectivity index (χ4n) is 3.10. The number of fused-ring (bicyclic) bond motifs is 1. The number of thiazole rings is 1. The van der Waals surface area contributed by atoms with E-state index in [9.17, 15) is 4.79 Å². The van der Waals surface area contributed by atoms with Gasteiger partial charge in [-0.3, -0.25) is 9.69 Å². The van der Waals surface area contributed by atoms with Crippen molar-refractivity contribution in [2.45, 2.75) is 26.5 Å². The van der Waals surface area contributed by atoms with E-state index in [4.69, 9.17) is 9.72 Å². The molecule has 3 aromatic carbocycles. The number of rotatable bonds is 6. The quantitative estimate of drug-likeness (QED) is 0.308. The number of ether oxygens (including phenoxy) is 1. The molecule has 1 heterocycles.